The van der Waals surface area contributed by atoms with Crippen molar-refractivity contribution in [3.05, 3.63) is 335 Å². The Morgan fingerprint density at radius 2 is 0.584 bits per heavy atom. The van der Waals surface area contributed by atoms with Crippen LogP contribution < -0.4 is 9.80 Å². The van der Waals surface area contributed by atoms with Gasteiger partial charge in [-0.15, -0.1) is 0 Å². The van der Waals surface area contributed by atoms with Crippen molar-refractivity contribution in [2.45, 2.75) is 110 Å². The maximum Gasteiger partial charge on any atom is 0.0468 e. The van der Waals surface area contributed by atoms with Crippen LogP contribution in [0.5, 0.6) is 0 Å². The van der Waals surface area contributed by atoms with E-state index < -0.39 is 0 Å². The second kappa shape index (κ2) is 21.5. The van der Waals surface area contributed by atoms with Crippen LogP contribution in [-0.4, -0.2) is 0 Å². The van der Waals surface area contributed by atoms with Gasteiger partial charge in [-0.25, -0.2) is 0 Å². The summed E-state index contributed by atoms with van der Waals surface area (Å²) in [7, 11) is 0. The lowest BCUT2D eigenvalue weighted by Crippen LogP contribution is -2.17. The average molecular weight is 1300 g/mol. The van der Waals surface area contributed by atoms with Gasteiger partial charge in [0, 0.05) is 55.8 Å². The van der Waals surface area contributed by atoms with Gasteiger partial charge in [0.05, 0.1) is 0 Å². The summed E-state index contributed by atoms with van der Waals surface area (Å²) in [5.74, 6) is 0. The van der Waals surface area contributed by atoms with Crippen molar-refractivity contribution in [3.63, 3.8) is 0 Å². The Bertz CT molecular complexity index is 6060. The van der Waals surface area contributed by atoms with Crippen molar-refractivity contribution >= 4 is 77.2 Å². The fraction of sp³-hybridized carbons (Fsp3) is 0.172. The van der Waals surface area contributed by atoms with Gasteiger partial charge in [0.25, 0.3) is 0 Å². The van der Waals surface area contributed by atoms with E-state index in [0.29, 0.717) is 0 Å². The molecular formula is C99H82N2. The molecule has 0 unspecified atom stereocenters. The normalized spacial score (nSPS) is 15.0. The van der Waals surface area contributed by atoms with Gasteiger partial charge in [-0.2, -0.15) is 0 Å². The molecule has 2 nitrogen and oxygen atoms in total. The second-order valence-corrected chi connectivity index (χ2v) is 32.5. The first-order valence-corrected chi connectivity index (χ1v) is 36.3. The van der Waals surface area contributed by atoms with Crippen LogP contribution in [0.15, 0.2) is 279 Å². The van der Waals surface area contributed by atoms with E-state index in [9.17, 15) is 0 Å². The Kier molecular flexibility index (Phi) is 13.0. The molecule has 101 heavy (non-hydrogen) atoms. The number of aryl methyl sites for hydroxylation is 1. The fourth-order valence-corrected chi connectivity index (χ4v) is 18.8. The van der Waals surface area contributed by atoms with E-state index in [4.69, 9.17) is 0 Å². The lowest BCUT2D eigenvalue weighted by atomic mass is 9.79. The van der Waals surface area contributed by atoms with Crippen molar-refractivity contribution in [1.29, 1.82) is 0 Å². The van der Waals surface area contributed by atoms with Crippen molar-refractivity contribution in [1.82, 2.24) is 0 Å². The molecule has 0 N–H and O–H groups in total. The topological polar surface area (TPSA) is 6.48 Å². The average Bonchev–Trinajstić information content (AvgIpc) is 1.69. The standard InChI is InChI=1S/C99H82N2/c1-59-29-37-65(38-30-59)100(69-41-47-75-73-25-17-19-27-83(73)96(5,6)89(75)57-69)67-43-49-77-81(55-67)91(62-31-45-79-87(53-62)98(9,10)85-51-33-60-21-13-15-23-71(60)93(79)85)78-50-44-68(56-82(78)92(77)63-32-46-80-88(54-63)99(11,12)86-52-34-61-22-14-16-24-72(61)94(80)86)101(66-39-35-64(36-40-66)95(2,3)4)70-42-48-76-74-26-18-20-28-84(74)97(7,8)90(76)58-70/h13-58H,1-12H3. The van der Waals surface area contributed by atoms with Crippen LogP contribution in [0, 0.1) is 6.92 Å². The number of hydrogen-bond acceptors (Lipinski definition) is 2. The third-order valence-corrected chi connectivity index (χ3v) is 24.2. The van der Waals surface area contributed by atoms with Gasteiger partial charge in [-0.05, 0) is 257 Å². The minimum atomic E-state index is -0.272. The van der Waals surface area contributed by atoms with E-state index in [2.05, 4.69) is 372 Å². The van der Waals surface area contributed by atoms with Gasteiger partial charge in [0.1, 0.15) is 0 Å². The maximum absolute atomic E-state index is 2.57. The van der Waals surface area contributed by atoms with Crippen molar-refractivity contribution < 1.29 is 0 Å². The van der Waals surface area contributed by atoms with Crippen LogP contribution in [0.4, 0.5) is 34.1 Å². The highest BCUT2D eigenvalue weighted by Gasteiger charge is 2.41. The zero-order valence-electron chi connectivity index (χ0n) is 60.0. The molecule has 15 aromatic rings. The number of anilines is 6. The van der Waals surface area contributed by atoms with E-state index in [1.165, 1.54) is 165 Å². The minimum Gasteiger partial charge on any atom is -0.310 e. The molecule has 0 heterocycles. The van der Waals surface area contributed by atoms with E-state index in [0.717, 1.165) is 34.1 Å². The lowest BCUT2D eigenvalue weighted by Gasteiger charge is -2.30. The molecular weight excluding hydrogens is 1220 g/mol. The number of nitrogens with zero attached hydrogens (tertiary/aromatic N) is 2. The predicted molar refractivity (Wildman–Crippen MR) is 430 cm³/mol. The minimum absolute atomic E-state index is 0.0219. The van der Waals surface area contributed by atoms with E-state index >= 15 is 0 Å². The fourth-order valence-electron chi connectivity index (χ4n) is 18.8. The molecule has 0 atom stereocenters. The third-order valence-electron chi connectivity index (χ3n) is 24.2. The largest absolute Gasteiger partial charge is 0.310 e. The van der Waals surface area contributed by atoms with Crippen LogP contribution in [-0.2, 0) is 27.1 Å². The molecule has 0 amide bonds. The van der Waals surface area contributed by atoms with Crippen LogP contribution in [0.2, 0.25) is 0 Å². The summed E-state index contributed by atoms with van der Waals surface area (Å²) in [5, 5.41) is 9.95. The van der Waals surface area contributed by atoms with E-state index in [1.54, 1.807) is 0 Å². The lowest BCUT2D eigenvalue weighted by molar-refractivity contribution is 0.590. The molecule has 0 spiro atoms. The molecule has 488 valence electrons. The maximum atomic E-state index is 2.57. The molecule has 0 saturated heterocycles. The summed E-state index contributed by atoms with van der Waals surface area (Å²) in [5.41, 5.74) is 34.6. The molecule has 4 aliphatic carbocycles. The Labute approximate surface area is 594 Å². The Balaban J connectivity index is 0.914. The molecule has 19 rings (SSSR count). The van der Waals surface area contributed by atoms with E-state index in [-0.39, 0.29) is 27.1 Å². The highest BCUT2D eigenvalue weighted by atomic mass is 15.1. The summed E-state index contributed by atoms with van der Waals surface area (Å²) in [6.07, 6.45) is 0. The van der Waals surface area contributed by atoms with Crippen molar-refractivity contribution in [2.24, 2.45) is 0 Å². The molecule has 0 fully saturated rings. The number of rotatable bonds is 8. The predicted octanol–water partition coefficient (Wildman–Crippen LogP) is 27.4. The van der Waals surface area contributed by atoms with Crippen molar-refractivity contribution in [2.75, 3.05) is 9.80 Å². The van der Waals surface area contributed by atoms with Gasteiger partial charge in [-0.1, -0.05) is 276 Å². The molecule has 15 aromatic carbocycles. The van der Waals surface area contributed by atoms with Gasteiger partial charge < -0.3 is 9.80 Å². The first kappa shape index (κ1) is 61.1. The summed E-state index contributed by atoms with van der Waals surface area (Å²) >= 11 is 0. The second-order valence-electron chi connectivity index (χ2n) is 32.5. The van der Waals surface area contributed by atoms with Gasteiger partial charge >= 0.3 is 0 Å². The third kappa shape index (κ3) is 8.89. The molecule has 0 aliphatic heterocycles. The summed E-state index contributed by atoms with van der Waals surface area (Å²) in [6.45, 7) is 28.5. The summed E-state index contributed by atoms with van der Waals surface area (Å²) in [6, 6.07) is 108. The van der Waals surface area contributed by atoms with Gasteiger partial charge in [0.15, 0.2) is 0 Å². The zero-order valence-corrected chi connectivity index (χ0v) is 60.0. The SMILES string of the molecule is Cc1ccc(N(c2ccc3c(c2)C(C)(C)c2ccccc2-3)c2ccc3c(-c4ccc5c(c4)C(C)(C)c4ccc6ccccc6c4-5)c4cc(N(c5ccc(C(C)(C)C)cc5)c5ccc6c(c5)C(C)(C)c5ccccc5-6)ccc4c(-c4ccc5c(c4)C(C)(C)c4ccc6ccccc6c4-5)c3c2)cc1. The van der Waals surface area contributed by atoms with Gasteiger partial charge in [-0.3, -0.25) is 0 Å². The van der Waals surface area contributed by atoms with Crippen LogP contribution >= 0.6 is 0 Å². The molecule has 0 bridgehead atoms. The molecule has 0 radical (unpaired) electrons. The number of hydrogen-bond donors (Lipinski definition) is 0. The number of fused-ring (bicyclic) bond motifs is 18. The Morgan fingerprint density at radius 3 is 1.03 bits per heavy atom. The number of benzene rings is 15. The molecule has 4 aliphatic rings. The van der Waals surface area contributed by atoms with Gasteiger partial charge in [0.2, 0.25) is 0 Å². The Morgan fingerprint density at radius 1 is 0.238 bits per heavy atom. The monoisotopic (exact) mass is 1300 g/mol. The highest BCUT2D eigenvalue weighted by molar-refractivity contribution is 6.23. The van der Waals surface area contributed by atoms with Crippen molar-refractivity contribution in [3.8, 4) is 66.8 Å². The van der Waals surface area contributed by atoms with Crippen LogP contribution in [0.1, 0.15) is 132 Å². The molecule has 0 saturated carbocycles. The van der Waals surface area contributed by atoms with Crippen LogP contribution in [0.25, 0.3) is 110 Å². The van der Waals surface area contributed by atoms with E-state index in [1.807, 2.05) is 0 Å². The zero-order chi connectivity index (χ0) is 69.0. The quantitative estimate of drug-likeness (QED) is 0.140. The van der Waals surface area contributed by atoms with Crippen LogP contribution in [0.3, 0.4) is 0 Å². The molecule has 2 heteroatoms. The Hall–Kier alpha value is -11.1. The first-order chi connectivity index (χ1) is 48.6. The molecule has 0 aromatic heterocycles. The first-order valence-electron chi connectivity index (χ1n) is 36.3. The summed E-state index contributed by atoms with van der Waals surface area (Å²) < 4.78 is 0. The summed E-state index contributed by atoms with van der Waals surface area (Å²) in [4.78, 5) is 5.05. The smallest absolute Gasteiger partial charge is 0.0468 e. The highest BCUT2D eigenvalue weighted by Crippen LogP contribution is 2.59.